The molecule has 1 amide bonds. The van der Waals surface area contributed by atoms with E-state index in [0.717, 1.165) is 11.1 Å². The molecular weight excluding hydrogens is 322 g/mol. The largest absolute Gasteiger partial charge is 0.403 e. The Bertz CT molecular complexity index is 919. The van der Waals surface area contributed by atoms with Gasteiger partial charge in [0.05, 0.1) is 17.4 Å². The van der Waals surface area contributed by atoms with Crippen LogP contribution in [-0.2, 0) is 16.1 Å². The van der Waals surface area contributed by atoms with Crippen molar-refractivity contribution in [3.8, 4) is 5.88 Å². The minimum absolute atomic E-state index is 0.0946. The zero-order valence-electron chi connectivity index (χ0n) is 13.6. The summed E-state index contributed by atoms with van der Waals surface area (Å²) in [4.78, 5) is 22.7. The Morgan fingerprint density at radius 3 is 2.64 bits per heavy atom. The highest BCUT2D eigenvalue weighted by Crippen LogP contribution is 2.28. The molecule has 0 radical (unpaired) electrons. The molecule has 7 heteroatoms. The van der Waals surface area contributed by atoms with E-state index in [1.54, 1.807) is 22.9 Å². The number of hydrogen-bond acceptors (Lipinski definition) is 5. The summed E-state index contributed by atoms with van der Waals surface area (Å²) >= 11 is 0. The van der Waals surface area contributed by atoms with Gasteiger partial charge in [0.1, 0.15) is 6.61 Å². The average Bonchev–Trinajstić information content (AvgIpc) is 2.92. The van der Waals surface area contributed by atoms with Crippen LogP contribution >= 0.6 is 0 Å². The van der Waals surface area contributed by atoms with Crippen LogP contribution in [0.1, 0.15) is 12.5 Å². The van der Waals surface area contributed by atoms with Crippen LogP contribution in [0, 0.1) is 0 Å². The summed E-state index contributed by atoms with van der Waals surface area (Å²) in [7, 11) is 0. The summed E-state index contributed by atoms with van der Waals surface area (Å²) in [5.74, 6) is -0.904. The van der Waals surface area contributed by atoms with Gasteiger partial charge in [0.25, 0.3) is 0 Å². The molecule has 0 fully saturated rings. The molecule has 3 aromatic rings. The second-order valence-corrected chi connectivity index (χ2v) is 5.49. The van der Waals surface area contributed by atoms with E-state index in [2.05, 4.69) is 10.4 Å². The Kier molecular flexibility index (Phi) is 4.76. The summed E-state index contributed by atoms with van der Waals surface area (Å²) in [6.07, 6.45) is 0. The minimum atomic E-state index is -0.795. The summed E-state index contributed by atoms with van der Waals surface area (Å²) in [5, 5.41) is 16.5. The minimum Gasteiger partial charge on any atom is -0.403 e. The number of aliphatic hydroxyl groups excluding tert-OH is 1. The number of carbonyl (C=O) groups is 2. The quantitative estimate of drug-likeness (QED) is 0.693. The summed E-state index contributed by atoms with van der Waals surface area (Å²) in [6.45, 7) is 1.17. The van der Waals surface area contributed by atoms with Gasteiger partial charge in [-0.05, 0) is 23.8 Å². The molecule has 7 nitrogen and oxygen atoms in total. The Balaban J connectivity index is 2.04. The van der Waals surface area contributed by atoms with Gasteiger partial charge in [0.15, 0.2) is 0 Å². The number of anilines is 1. The highest BCUT2D eigenvalue weighted by Gasteiger charge is 2.16. The van der Waals surface area contributed by atoms with Crippen LogP contribution in [-0.4, -0.2) is 33.4 Å². The van der Waals surface area contributed by atoms with Gasteiger partial charge < -0.3 is 15.2 Å². The Morgan fingerprint density at radius 2 is 1.96 bits per heavy atom. The Hall–Kier alpha value is -3.19. The van der Waals surface area contributed by atoms with Crippen molar-refractivity contribution >= 4 is 28.5 Å². The number of carbonyl (C=O) groups excluding carboxylic acids is 2. The van der Waals surface area contributed by atoms with E-state index < -0.39 is 12.6 Å². The molecule has 25 heavy (non-hydrogen) atoms. The van der Waals surface area contributed by atoms with E-state index in [4.69, 9.17) is 9.84 Å². The smallest absolute Gasteiger partial charge is 0.338 e. The molecule has 1 heterocycles. The molecule has 3 rings (SSSR count). The molecule has 1 aromatic heterocycles. The molecule has 0 aliphatic carbocycles. The van der Waals surface area contributed by atoms with Crippen LogP contribution in [0.4, 0.5) is 5.69 Å². The van der Waals surface area contributed by atoms with Gasteiger partial charge in [-0.2, -0.15) is 0 Å². The van der Waals surface area contributed by atoms with E-state index in [1.165, 1.54) is 6.92 Å². The molecule has 0 atom stereocenters. The van der Waals surface area contributed by atoms with Crippen molar-refractivity contribution in [1.82, 2.24) is 9.78 Å². The van der Waals surface area contributed by atoms with Crippen LogP contribution in [0.2, 0.25) is 0 Å². The molecule has 0 saturated heterocycles. The highest BCUT2D eigenvalue weighted by atomic mass is 16.6. The first-order valence-electron chi connectivity index (χ1n) is 7.70. The maximum absolute atomic E-state index is 11.5. The molecular formula is C18H17N3O4. The van der Waals surface area contributed by atoms with Crippen molar-refractivity contribution in [2.45, 2.75) is 13.5 Å². The summed E-state index contributed by atoms with van der Waals surface area (Å²) in [6, 6.07) is 15.0. The molecule has 0 saturated carbocycles. The zero-order valence-corrected chi connectivity index (χ0v) is 13.6. The van der Waals surface area contributed by atoms with Crippen LogP contribution in [0.15, 0.2) is 48.5 Å². The number of hydrogen-bond donors (Lipinski definition) is 2. The van der Waals surface area contributed by atoms with Crippen LogP contribution < -0.4 is 10.1 Å². The third-order valence-electron chi connectivity index (χ3n) is 3.55. The molecule has 0 unspecified atom stereocenters. The van der Waals surface area contributed by atoms with Crippen molar-refractivity contribution in [2.75, 3.05) is 11.9 Å². The lowest BCUT2D eigenvalue weighted by Gasteiger charge is -2.05. The van der Waals surface area contributed by atoms with Crippen LogP contribution in [0.5, 0.6) is 5.88 Å². The van der Waals surface area contributed by atoms with Gasteiger partial charge in [-0.3, -0.25) is 9.48 Å². The van der Waals surface area contributed by atoms with Gasteiger partial charge in [0.2, 0.25) is 11.8 Å². The zero-order chi connectivity index (χ0) is 17.8. The van der Waals surface area contributed by atoms with Crippen molar-refractivity contribution in [2.24, 2.45) is 0 Å². The number of aliphatic hydroxyl groups is 1. The number of nitrogens with one attached hydrogen (secondary N) is 1. The lowest BCUT2D eigenvalue weighted by Crippen LogP contribution is -2.13. The molecule has 0 bridgehead atoms. The topological polar surface area (TPSA) is 93.4 Å². The first-order valence-corrected chi connectivity index (χ1v) is 7.70. The second-order valence-electron chi connectivity index (χ2n) is 5.49. The molecule has 0 aliphatic rings. The van der Waals surface area contributed by atoms with Crippen LogP contribution in [0.25, 0.3) is 10.9 Å². The number of nitrogens with zero attached hydrogens (tertiary/aromatic N) is 2. The number of esters is 1. The van der Waals surface area contributed by atoms with E-state index in [9.17, 15) is 9.59 Å². The van der Waals surface area contributed by atoms with E-state index in [0.29, 0.717) is 17.6 Å². The van der Waals surface area contributed by atoms with Gasteiger partial charge >= 0.3 is 5.97 Å². The number of fused-ring (bicyclic) bond motifs is 1. The first kappa shape index (κ1) is 16.7. The second kappa shape index (κ2) is 7.14. The lowest BCUT2D eigenvalue weighted by atomic mass is 10.2. The molecule has 2 aromatic carbocycles. The molecule has 0 aliphatic heterocycles. The highest BCUT2D eigenvalue weighted by molar-refractivity contribution is 5.94. The van der Waals surface area contributed by atoms with Crippen molar-refractivity contribution in [3.63, 3.8) is 0 Å². The SMILES string of the molecule is CC(=O)Nc1ccc2c(c1)c(OC(=O)CO)nn2Cc1ccccc1. The molecule has 0 spiro atoms. The molecule has 128 valence electrons. The fraction of sp³-hybridized carbons (Fsp3) is 0.167. The standard InChI is InChI=1S/C18H17N3O4/c1-12(23)19-14-7-8-16-15(9-14)18(25-17(24)11-22)20-21(16)10-13-5-3-2-4-6-13/h2-9,22H,10-11H2,1H3,(H,19,23). The summed E-state index contributed by atoms with van der Waals surface area (Å²) < 4.78 is 6.83. The first-order chi connectivity index (χ1) is 12.1. The van der Waals surface area contributed by atoms with E-state index in [-0.39, 0.29) is 11.8 Å². The fourth-order valence-corrected chi connectivity index (χ4v) is 2.52. The average molecular weight is 339 g/mol. The maximum atomic E-state index is 11.5. The van der Waals surface area contributed by atoms with Crippen molar-refractivity contribution < 1.29 is 19.4 Å². The molecule has 2 N–H and O–H groups in total. The third-order valence-corrected chi connectivity index (χ3v) is 3.55. The van der Waals surface area contributed by atoms with Gasteiger partial charge in [-0.25, -0.2) is 4.79 Å². The normalized spacial score (nSPS) is 10.6. The maximum Gasteiger partial charge on any atom is 0.338 e. The van der Waals surface area contributed by atoms with Gasteiger partial charge in [0, 0.05) is 12.6 Å². The van der Waals surface area contributed by atoms with Gasteiger partial charge in [-0.15, -0.1) is 5.10 Å². The number of aromatic nitrogens is 2. The number of ether oxygens (including phenoxy) is 1. The van der Waals surface area contributed by atoms with Crippen LogP contribution in [0.3, 0.4) is 0 Å². The third kappa shape index (κ3) is 3.84. The number of benzene rings is 2. The predicted octanol–water partition coefficient (Wildman–Crippen LogP) is 1.94. The van der Waals surface area contributed by atoms with E-state index in [1.807, 2.05) is 30.3 Å². The Labute approximate surface area is 143 Å². The van der Waals surface area contributed by atoms with Crippen molar-refractivity contribution in [1.29, 1.82) is 0 Å². The monoisotopic (exact) mass is 339 g/mol. The predicted molar refractivity (Wildman–Crippen MR) is 92.3 cm³/mol. The number of rotatable bonds is 5. The fourth-order valence-electron chi connectivity index (χ4n) is 2.52. The van der Waals surface area contributed by atoms with Crippen molar-refractivity contribution in [3.05, 3.63) is 54.1 Å². The van der Waals surface area contributed by atoms with E-state index >= 15 is 0 Å². The van der Waals surface area contributed by atoms with Gasteiger partial charge in [-0.1, -0.05) is 30.3 Å². The lowest BCUT2D eigenvalue weighted by molar-refractivity contribution is -0.137. The Morgan fingerprint density at radius 1 is 1.20 bits per heavy atom. The summed E-state index contributed by atoms with van der Waals surface area (Å²) in [5.41, 5.74) is 2.36. The number of amides is 1.